The van der Waals surface area contributed by atoms with Gasteiger partial charge in [-0.25, -0.2) is 9.13 Å². The van der Waals surface area contributed by atoms with Crippen molar-refractivity contribution in [1.29, 1.82) is 0 Å². The molecular formula is C6H18CrN4O17P2+3. The van der Waals surface area contributed by atoms with Crippen molar-refractivity contribution in [2.75, 3.05) is 39.5 Å². The van der Waals surface area contributed by atoms with Gasteiger partial charge in [-0.2, -0.15) is 0 Å². The van der Waals surface area contributed by atoms with Crippen LogP contribution in [0, 0.1) is 30.3 Å². The van der Waals surface area contributed by atoms with Crippen molar-refractivity contribution in [3.63, 3.8) is 0 Å². The maximum Gasteiger partial charge on any atom is 3.00 e. The zero-order chi connectivity index (χ0) is 23.7. The Bertz CT molecular complexity index is 497. The Labute approximate surface area is 176 Å². The van der Waals surface area contributed by atoms with E-state index in [1.165, 1.54) is 4.90 Å². The van der Waals surface area contributed by atoms with Crippen molar-refractivity contribution in [2.24, 2.45) is 0 Å². The minimum absolute atomic E-state index is 0. The smallest absolute Gasteiger partial charge is 0.313 e. The molecule has 0 fully saturated rings. The topological polar surface area (TPSA) is 316 Å². The zero-order valence-electron chi connectivity index (χ0n) is 14.5. The second-order valence-corrected chi connectivity index (χ2v) is 6.09. The van der Waals surface area contributed by atoms with Crippen LogP contribution in [0.1, 0.15) is 0 Å². The predicted octanol–water partition coefficient (Wildman–Crippen LogP) is -2.95. The maximum atomic E-state index is 9.92. The van der Waals surface area contributed by atoms with Crippen LogP contribution in [0.25, 0.3) is 0 Å². The van der Waals surface area contributed by atoms with Gasteiger partial charge in [0.05, 0.1) is 0 Å². The van der Waals surface area contributed by atoms with Gasteiger partial charge in [-0.05, 0) is 0 Å². The molecule has 21 nitrogen and oxygen atoms in total. The first-order chi connectivity index (χ1) is 12.9. The molecule has 1 radical (unpaired) electrons. The van der Waals surface area contributed by atoms with Crippen LogP contribution >= 0.6 is 15.6 Å². The summed E-state index contributed by atoms with van der Waals surface area (Å²) < 4.78 is 17.8. The molecule has 0 heterocycles. The summed E-state index contributed by atoms with van der Waals surface area (Å²) in [5.74, 6) is 0. The van der Waals surface area contributed by atoms with Gasteiger partial charge in [0.15, 0.2) is 0 Å². The molecule has 0 rings (SSSR count). The predicted molar refractivity (Wildman–Crippen MR) is 83.8 cm³/mol. The van der Waals surface area contributed by atoms with Crippen molar-refractivity contribution in [2.45, 2.75) is 0 Å². The SMILES string of the molecule is O=P(O)(O)O.O=P(O)(O)O.O=[N+]([O-])OCCN(CCO[N+](=O)[O-])CCO[N+](=O)[O-].[Cr+3]. The molecule has 6 N–H and O–H groups in total. The second-order valence-electron chi connectivity index (χ2n) is 4.04. The summed E-state index contributed by atoms with van der Waals surface area (Å²) in [5.41, 5.74) is 0. The third kappa shape index (κ3) is 63.4. The van der Waals surface area contributed by atoms with Gasteiger partial charge in [0, 0.05) is 19.6 Å². The van der Waals surface area contributed by atoms with Gasteiger partial charge in [0.2, 0.25) is 0 Å². The molecule has 0 aromatic carbocycles. The molecule has 0 saturated carbocycles. The van der Waals surface area contributed by atoms with Crippen LogP contribution in [-0.2, 0) is 41.0 Å². The average molecular weight is 532 g/mol. The Morgan fingerprint density at radius 1 is 0.633 bits per heavy atom. The summed E-state index contributed by atoms with van der Waals surface area (Å²) >= 11 is 0. The zero-order valence-corrected chi connectivity index (χ0v) is 17.6. The van der Waals surface area contributed by atoms with Crippen LogP contribution in [0.3, 0.4) is 0 Å². The molecule has 0 aromatic heterocycles. The fraction of sp³-hybridized carbons (Fsp3) is 1.00. The first-order valence-corrected chi connectivity index (χ1v) is 9.65. The van der Waals surface area contributed by atoms with Gasteiger partial charge in [-0.3, -0.25) is 4.90 Å². The normalized spacial score (nSPS) is 10.2. The minimum Gasteiger partial charge on any atom is -0.313 e. The van der Waals surface area contributed by atoms with Crippen LogP contribution in [0.2, 0.25) is 0 Å². The molecule has 0 unspecified atom stereocenters. The Morgan fingerprint density at radius 2 is 0.800 bits per heavy atom. The van der Waals surface area contributed by atoms with E-state index in [0.29, 0.717) is 0 Å². The summed E-state index contributed by atoms with van der Waals surface area (Å²) in [6.07, 6.45) is 0. The Balaban J connectivity index is -0.000000254. The monoisotopic (exact) mass is 532 g/mol. The summed E-state index contributed by atoms with van der Waals surface area (Å²) in [4.78, 5) is 86.5. The molecule has 0 atom stereocenters. The fourth-order valence-corrected chi connectivity index (χ4v) is 1.07. The third-order valence-electron chi connectivity index (χ3n) is 1.81. The first-order valence-electron chi connectivity index (χ1n) is 6.52. The van der Waals surface area contributed by atoms with Gasteiger partial charge in [-0.1, -0.05) is 0 Å². The van der Waals surface area contributed by atoms with Crippen LogP contribution in [0.4, 0.5) is 0 Å². The molecule has 0 aliphatic heterocycles. The van der Waals surface area contributed by atoms with Gasteiger partial charge in [0.25, 0.3) is 15.3 Å². The van der Waals surface area contributed by atoms with Crippen LogP contribution in [-0.4, -0.2) is 89.0 Å². The van der Waals surface area contributed by atoms with Crippen molar-refractivity contribution in [1.82, 2.24) is 4.90 Å². The Morgan fingerprint density at radius 3 is 0.933 bits per heavy atom. The molecule has 0 aliphatic carbocycles. The number of hydrogen-bond acceptors (Lipinski definition) is 12. The van der Waals surface area contributed by atoms with Crippen molar-refractivity contribution in [3.05, 3.63) is 30.3 Å². The van der Waals surface area contributed by atoms with E-state index >= 15 is 0 Å². The van der Waals surface area contributed by atoms with Crippen LogP contribution in [0.5, 0.6) is 0 Å². The Kier molecular flexibility index (Phi) is 23.0. The molecule has 24 heteroatoms. The van der Waals surface area contributed by atoms with Crippen molar-refractivity contribution in [3.8, 4) is 0 Å². The van der Waals surface area contributed by atoms with Crippen LogP contribution < -0.4 is 0 Å². The number of rotatable bonds is 12. The molecule has 0 bridgehead atoms. The van der Waals surface area contributed by atoms with E-state index < -0.39 is 30.9 Å². The van der Waals surface area contributed by atoms with Gasteiger partial charge in [-0.15, -0.1) is 30.3 Å². The molecule has 0 spiro atoms. The van der Waals surface area contributed by atoms with Crippen LogP contribution in [0.15, 0.2) is 0 Å². The van der Waals surface area contributed by atoms with E-state index in [-0.39, 0.29) is 56.8 Å². The van der Waals surface area contributed by atoms with Crippen molar-refractivity contribution < 1.29 is 85.6 Å². The van der Waals surface area contributed by atoms with E-state index in [0.717, 1.165) is 0 Å². The van der Waals surface area contributed by atoms with Crippen molar-refractivity contribution >= 4 is 15.6 Å². The van der Waals surface area contributed by atoms with E-state index in [1.54, 1.807) is 0 Å². The minimum atomic E-state index is -4.64. The third-order valence-corrected chi connectivity index (χ3v) is 1.81. The summed E-state index contributed by atoms with van der Waals surface area (Å²) in [6, 6.07) is 0. The fourth-order valence-electron chi connectivity index (χ4n) is 1.07. The molecule has 30 heavy (non-hydrogen) atoms. The molecule has 0 aliphatic rings. The number of nitrogens with zero attached hydrogens (tertiary/aromatic N) is 4. The largest absolute Gasteiger partial charge is 3.00 e. The first kappa shape index (κ1) is 35.7. The van der Waals surface area contributed by atoms with E-state index in [4.69, 9.17) is 38.5 Å². The second kappa shape index (κ2) is 19.3. The number of hydrogen-bond donors (Lipinski definition) is 6. The maximum absolute atomic E-state index is 9.92. The molecule has 0 saturated heterocycles. The van der Waals surface area contributed by atoms with E-state index in [1.807, 2.05) is 0 Å². The molecular weight excluding hydrogens is 514 g/mol. The number of phosphoric acid groups is 2. The summed E-state index contributed by atoms with van der Waals surface area (Å²) in [6.45, 7) is -0.687. The average Bonchev–Trinajstić information content (AvgIpc) is 2.41. The quantitative estimate of drug-likeness (QED) is 0.0831. The molecule has 0 aromatic rings. The summed E-state index contributed by atoms with van der Waals surface area (Å²) in [7, 11) is -9.28. The van der Waals surface area contributed by atoms with E-state index in [2.05, 4.69) is 14.5 Å². The van der Waals surface area contributed by atoms with E-state index in [9.17, 15) is 30.3 Å². The standard InChI is InChI=1S/C6H12N4O9.Cr.2H3O4P/c11-8(12)17-4-1-7(2-5-18-9(13)14)3-6-19-10(15)16;;2*1-5(2,3)4/h1-6H2;;2*(H3,1,2,3,4)/q;+3;;. The van der Waals surface area contributed by atoms with Gasteiger partial charge < -0.3 is 43.9 Å². The Hall–Kier alpha value is -1.69. The molecule has 177 valence electrons. The molecule has 0 amide bonds. The van der Waals surface area contributed by atoms with Gasteiger partial charge >= 0.3 is 33.0 Å². The van der Waals surface area contributed by atoms with Gasteiger partial charge in [0.1, 0.15) is 19.8 Å². The summed E-state index contributed by atoms with van der Waals surface area (Å²) in [5, 5.41) is 26.8.